The Balaban J connectivity index is 2.74. The van der Waals surface area contributed by atoms with Crippen LogP contribution in [0.1, 0.15) is 19.8 Å². The van der Waals surface area contributed by atoms with Crippen LogP contribution in [0, 0.1) is 0 Å². The van der Waals surface area contributed by atoms with Gasteiger partial charge >= 0.3 is 5.97 Å². The molecule has 0 spiro atoms. The lowest BCUT2D eigenvalue weighted by Gasteiger charge is -2.35. The van der Waals surface area contributed by atoms with Gasteiger partial charge in [0.05, 0.1) is 19.6 Å². The number of nitrogens with zero attached hydrogens (tertiary/aromatic N) is 2. The predicted octanol–water partition coefficient (Wildman–Crippen LogP) is 0.331. The minimum Gasteiger partial charge on any atom is -0.466 e. The van der Waals surface area contributed by atoms with Crippen molar-refractivity contribution in [1.82, 2.24) is 15.1 Å². The van der Waals surface area contributed by atoms with Crippen LogP contribution in [0.3, 0.4) is 0 Å². The van der Waals surface area contributed by atoms with Crippen molar-refractivity contribution in [2.45, 2.75) is 25.8 Å². The summed E-state index contributed by atoms with van der Waals surface area (Å²) in [6.45, 7) is 11.5. The Bertz CT molecular complexity index is 468. The van der Waals surface area contributed by atoms with E-state index < -0.39 is 12.0 Å². The van der Waals surface area contributed by atoms with Gasteiger partial charge in [-0.2, -0.15) is 0 Å². The van der Waals surface area contributed by atoms with E-state index in [4.69, 9.17) is 4.74 Å². The summed E-state index contributed by atoms with van der Waals surface area (Å²) >= 11 is 0. The van der Waals surface area contributed by atoms with Crippen molar-refractivity contribution in [2.75, 3.05) is 39.3 Å². The average molecular weight is 337 g/mol. The highest BCUT2D eigenvalue weighted by molar-refractivity contribution is 5.92. The molecule has 0 aromatic carbocycles. The van der Waals surface area contributed by atoms with E-state index in [2.05, 4.69) is 18.5 Å². The Morgan fingerprint density at radius 2 is 2.04 bits per heavy atom. The summed E-state index contributed by atoms with van der Waals surface area (Å²) in [4.78, 5) is 39.8. The third-order valence-corrected chi connectivity index (χ3v) is 3.61. The number of hydrogen-bond donors (Lipinski definition) is 1. The number of piperazine rings is 1. The summed E-state index contributed by atoms with van der Waals surface area (Å²) in [6.07, 6.45) is 4.00. The molecule has 0 aliphatic carbocycles. The van der Waals surface area contributed by atoms with Crippen LogP contribution in [-0.2, 0) is 19.1 Å². The Morgan fingerprint density at radius 1 is 1.38 bits per heavy atom. The van der Waals surface area contributed by atoms with Gasteiger partial charge in [0.1, 0.15) is 6.04 Å². The van der Waals surface area contributed by atoms with Gasteiger partial charge in [-0.1, -0.05) is 19.1 Å². The average Bonchev–Trinajstić information content (AvgIpc) is 2.55. The minimum atomic E-state index is -0.815. The van der Waals surface area contributed by atoms with Gasteiger partial charge in [-0.25, -0.2) is 0 Å². The molecule has 1 atom stereocenters. The third-order valence-electron chi connectivity index (χ3n) is 3.61. The topological polar surface area (TPSA) is 79.0 Å². The maximum atomic E-state index is 12.6. The number of hydrogen-bond acceptors (Lipinski definition) is 5. The number of nitrogens with one attached hydrogen (secondary N) is 1. The van der Waals surface area contributed by atoms with Crippen LogP contribution in [-0.4, -0.2) is 73.0 Å². The van der Waals surface area contributed by atoms with Gasteiger partial charge in [0.25, 0.3) is 0 Å². The smallest absolute Gasteiger partial charge is 0.308 e. The Labute approximate surface area is 143 Å². The molecule has 24 heavy (non-hydrogen) atoms. The van der Waals surface area contributed by atoms with Crippen molar-refractivity contribution in [3.63, 3.8) is 0 Å². The molecule has 1 saturated heterocycles. The van der Waals surface area contributed by atoms with Gasteiger partial charge in [0.15, 0.2) is 0 Å². The van der Waals surface area contributed by atoms with E-state index in [1.54, 1.807) is 12.2 Å². The highest BCUT2D eigenvalue weighted by Gasteiger charge is 2.35. The van der Waals surface area contributed by atoms with Crippen molar-refractivity contribution in [3.05, 3.63) is 25.3 Å². The normalized spacial score (nSPS) is 17.3. The van der Waals surface area contributed by atoms with Crippen LogP contribution in [0.4, 0.5) is 0 Å². The monoisotopic (exact) mass is 337 g/mol. The van der Waals surface area contributed by atoms with E-state index in [0.717, 1.165) is 0 Å². The first-order valence-electron chi connectivity index (χ1n) is 8.20. The van der Waals surface area contributed by atoms with E-state index in [-0.39, 0.29) is 24.8 Å². The molecule has 1 unspecified atom stereocenters. The molecule has 1 aliphatic heterocycles. The van der Waals surface area contributed by atoms with Crippen molar-refractivity contribution < 1.29 is 19.1 Å². The van der Waals surface area contributed by atoms with Gasteiger partial charge in [0, 0.05) is 26.2 Å². The summed E-state index contributed by atoms with van der Waals surface area (Å²) in [5.74, 6) is -0.977. The fourth-order valence-electron chi connectivity index (χ4n) is 2.50. The SMILES string of the molecule is C=CCN(CC=C)CC(=O)N1CCNC(=O)C1CC(=O)OCCC. The molecule has 1 rings (SSSR count). The lowest BCUT2D eigenvalue weighted by Crippen LogP contribution is -2.59. The predicted molar refractivity (Wildman–Crippen MR) is 91.2 cm³/mol. The molecule has 0 aromatic rings. The Kier molecular flexibility index (Phi) is 8.78. The van der Waals surface area contributed by atoms with E-state index >= 15 is 0 Å². The Morgan fingerprint density at radius 3 is 2.62 bits per heavy atom. The van der Waals surface area contributed by atoms with Crippen molar-refractivity contribution >= 4 is 17.8 Å². The lowest BCUT2D eigenvalue weighted by molar-refractivity contribution is -0.152. The second-order valence-corrected chi connectivity index (χ2v) is 5.59. The van der Waals surface area contributed by atoms with E-state index in [1.165, 1.54) is 4.90 Å². The van der Waals surface area contributed by atoms with E-state index in [0.29, 0.717) is 39.2 Å². The summed E-state index contributed by atoms with van der Waals surface area (Å²) in [5, 5.41) is 2.70. The van der Waals surface area contributed by atoms with Crippen LogP contribution in [0.25, 0.3) is 0 Å². The first-order valence-corrected chi connectivity index (χ1v) is 8.20. The van der Waals surface area contributed by atoms with Crippen molar-refractivity contribution in [2.24, 2.45) is 0 Å². The van der Waals surface area contributed by atoms with Crippen molar-refractivity contribution in [3.8, 4) is 0 Å². The molecule has 7 heteroatoms. The maximum Gasteiger partial charge on any atom is 0.308 e. The number of rotatable bonds is 10. The second-order valence-electron chi connectivity index (χ2n) is 5.59. The zero-order valence-electron chi connectivity index (χ0n) is 14.3. The van der Waals surface area contributed by atoms with Crippen LogP contribution in [0.15, 0.2) is 25.3 Å². The second kappa shape index (κ2) is 10.6. The summed E-state index contributed by atoms with van der Waals surface area (Å²) in [6, 6.07) is -0.815. The molecule has 0 aromatic heterocycles. The zero-order chi connectivity index (χ0) is 17.9. The molecule has 2 amide bonds. The van der Waals surface area contributed by atoms with Crippen LogP contribution in [0.2, 0.25) is 0 Å². The maximum absolute atomic E-state index is 12.6. The number of carbonyl (C=O) groups excluding carboxylic acids is 3. The molecule has 7 nitrogen and oxygen atoms in total. The fourth-order valence-corrected chi connectivity index (χ4v) is 2.50. The number of esters is 1. The standard InChI is InChI=1S/C17H27N3O4/c1-4-8-19(9-5-2)13-15(21)20-10-7-18-17(23)14(20)12-16(22)24-11-6-3/h4-5,14H,1-2,6-13H2,3H3,(H,18,23). The van der Waals surface area contributed by atoms with Crippen LogP contribution >= 0.6 is 0 Å². The van der Waals surface area contributed by atoms with Crippen LogP contribution in [0.5, 0.6) is 0 Å². The van der Waals surface area contributed by atoms with Gasteiger partial charge in [-0.05, 0) is 6.42 Å². The number of ether oxygens (including phenoxy) is 1. The molecule has 0 bridgehead atoms. The molecule has 134 valence electrons. The molecular formula is C17H27N3O4. The van der Waals surface area contributed by atoms with Crippen molar-refractivity contribution in [1.29, 1.82) is 0 Å². The highest BCUT2D eigenvalue weighted by Crippen LogP contribution is 2.11. The van der Waals surface area contributed by atoms with Crippen LogP contribution < -0.4 is 5.32 Å². The molecule has 1 heterocycles. The zero-order valence-corrected chi connectivity index (χ0v) is 14.3. The first-order chi connectivity index (χ1) is 11.5. The number of amides is 2. The molecular weight excluding hydrogens is 310 g/mol. The van der Waals surface area contributed by atoms with E-state index in [1.807, 2.05) is 11.8 Å². The highest BCUT2D eigenvalue weighted by atomic mass is 16.5. The van der Waals surface area contributed by atoms with Gasteiger partial charge in [-0.15, -0.1) is 13.2 Å². The minimum absolute atomic E-state index is 0.125. The molecule has 1 aliphatic rings. The summed E-state index contributed by atoms with van der Waals surface area (Å²) in [5.41, 5.74) is 0. The first kappa shape index (κ1) is 19.9. The third kappa shape index (κ3) is 6.16. The van der Waals surface area contributed by atoms with Gasteiger partial charge < -0.3 is 15.0 Å². The quantitative estimate of drug-likeness (QED) is 0.459. The summed E-state index contributed by atoms with van der Waals surface area (Å²) in [7, 11) is 0. The molecule has 0 radical (unpaired) electrons. The fraction of sp³-hybridized carbons (Fsp3) is 0.588. The summed E-state index contributed by atoms with van der Waals surface area (Å²) < 4.78 is 5.03. The van der Waals surface area contributed by atoms with E-state index in [9.17, 15) is 14.4 Å². The lowest BCUT2D eigenvalue weighted by atomic mass is 10.1. The van der Waals surface area contributed by atoms with Gasteiger partial charge in [0.2, 0.25) is 11.8 Å². The van der Waals surface area contributed by atoms with Gasteiger partial charge in [-0.3, -0.25) is 19.3 Å². The largest absolute Gasteiger partial charge is 0.466 e. The molecule has 1 fully saturated rings. The molecule has 1 N–H and O–H groups in total. The number of carbonyl (C=O) groups is 3. The molecule has 0 saturated carbocycles. The Hall–Kier alpha value is -2.15.